The Balaban J connectivity index is 2.03. The Labute approximate surface area is 113 Å². The van der Waals surface area contributed by atoms with Crippen LogP contribution in [0, 0.1) is 5.92 Å². The number of anilines is 1. The molecule has 108 valence electrons. The lowest BCUT2D eigenvalue weighted by molar-refractivity contribution is 0.202. The van der Waals surface area contributed by atoms with Crippen LogP contribution in [0.15, 0.2) is 11.1 Å². The number of aromatic nitrogens is 2. The highest BCUT2D eigenvalue weighted by molar-refractivity contribution is 7.89. The number of rotatable bonds is 4. The van der Waals surface area contributed by atoms with Crippen LogP contribution < -0.4 is 5.73 Å². The van der Waals surface area contributed by atoms with Gasteiger partial charge in [-0.1, -0.05) is 0 Å². The van der Waals surface area contributed by atoms with Gasteiger partial charge in [0, 0.05) is 13.6 Å². The molecule has 7 nitrogen and oxygen atoms in total. The van der Waals surface area contributed by atoms with Crippen molar-refractivity contribution in [3.63, 3.8) is 0 Å². The summed E-state index contributed by atoms with van der Waals surface area (Å²) >= 11 is 0. The van der Waals surface area contributed by atoms with Gasteiger partial charge in [0.25, 0.3) is 0 Å². The molecule has 1 fully saturated rings. The van der Waals surface area contributed by atoms with E-state index in [4.69, 9.17) is 5.73 Å². The molecule has 1 aliphatic rings. The van der Waals surface area contributed by atoms with Crippen LogP contribution in [0.5, 0.6) is 0 Å². The van der Waals surface area contributed by atoms with E-state index >= 15 is 0 Å². The SMILES string of the molecule is CN1CCC(CN(C)S(=O)(=O)c2cn[nH]c2N)CC1. The first-order chi connectivity index (χ1) is 8.91. The van der Waals surface area contributed by atoms with Crippen molar-refractivity contribution >= 4 is 15.8 Å². The molecule has 0 spiro atoms. The number of hydrogen-bond acceptors (Lipinski definition) is 5. The van der Waals surface area contributed by atoms with Gasteiger partial charge < -0.3 is 10.6 Å². The molecule has 2 rings (SSSR count). The summed E-state index contributed by atoms with van der Waals surface area (Å²) in [7, 11) is 0.145. The molecule has 0 saturated carbocycles. The van der Waals surface area contributed by atoms with Gasteiger partial charge >= 0.3 is 0 Å². The fourth-order valence-corrected chi connectivity index (χ4v) is 3.62. The lowest BCUT2D eigenvalue weighted by Crippen LogP contribution is -2.38. The third-order valence-electron chi connectivity index (χ3n) is 3.67. The van der Waals surface area contributed by atoms with Crippen molar-refractivity contribution in [3.8, 4) is 0 Å². The van der Waals surface area contributed by atoms with Crippen LogP contribution in [0.4, 0.5) is 5.82 Å². The van der Waals surface area contributed by atoms with Gasteiger partial charge in [0.1, 0.15) is 10.7 Å². The smallest absolute Gasteiger partial charge is 0.248 e. The first-order valence-electron chi connectivity index (χ1n) is 6.35. The van der Waals surface area contributed by atoms with E-state index in [-0.39, 0.29) is 10.7 Å². The Morgan fingerprint density at radius 3 is 2.68 bits per heavy atom. The molecule has 0 aromatic carbocycles. The number of piperidine rings is 1. The topological polar surface area (TPSA) is 95.3 Å². The van der Waals surface area contributed by atoms with Crippen molar-refractivity contribution in [1.29, 1.82) is 0 Å². The van der Waals surface area contributed by atoms with Crippen molar-refractivity contribution in [2.45, 2.75) is 17.7 Å². The molecule has 0 amide bonds. The third-order valence-corrected chi connectivity index (χ3v) is 5.52. The maximum absolute atomic E-state index is 12.3. The lowest BCUT2D eigenvalue weighted by atomic mass is 9.97. The van der Waals surface area contributed by atoms with E-state index in [0.717, 1.165) is 25.9 Å². The minimum Gasteiger partial charge on any atom is -0.383 e. The Hall–Kier alpha value is -1.12. The molecule has 0 radical (unpaired) electrons. The molecule has 19 heavy (non-hydrogen) atoms. The molecule has 0 atom stereocenters. The van der Waals surface area contributed by atoms with Gasteiger partial charge in [0.2, 0.25) is 10.0 Å². The number of hydrogen-bond donors (Lipinski definition) is 2. The summed E-state index contributed by atoms with van der Waals surface area (Å²) in [6.45, 7) is 2.57. The van der Waals surface area contributed by atoms with E-state index in [1.54, 1.807) is 7.05 Å². The van der Waals surface area contributed by atoms with Crippen molar-refractivity contribution in [3.05, 3.63) is 6.20 Å². The van der Waals surface area contributed by atoms with E-state index in [2.05, 4.69) is 22.1 Å². The Morgan fingerprint density at radius 1 is 1.53 bits per heavy atom. The van der Waals surface area contributed by atoms with E-state index in [1.165, 1.54) is 10.5 Å². The van der Waals surface area contributed by atoms with Gasteiger partial charge in [0.15, 0.2) is 0 Å². The van der Waals surface area contributed by atoms with Gasteiger partial charge in [-0.15, -0.1) is 0 Å². The van der Waals surface area contributed by atoms with Crippen molar-refractivity contribution in [2.75, 3.05) is 39.5 Å². The van der Waals surface area contributed by atoms with Crippen LogP contribution in [0.2, 0.25) is 0 Å². The van der Waals surface area contributed by atoms with Crippen LogP contribution in [-0.2, 0) is 10.0 Å². The summed E-state index contributed by atoms with van der Waals surface area (Å²) < 4.78 is 26.0. The summed E-state index contributed by atoms with van der Waals surface area (Å²) in [5.74, 6) is 0.499. The predicted octanol–water partition coefficient (Wildman–Crippen LogP) is -0.0458. The maximum Gasteiger partial charge on any atom is 0.248 e. The highest BCUT2D eigenvalue weighted by Crippen LogP contribution is 2.22. The zero-order valence-corrected chi connectivity index (χ0v) is 12.2. The monoisotopic (exact) mass is 287 g/mol. The Bertz CT molecular complexity index is 519. The second-order valence-corrected chi connectivity index (χ2v) is 7.19. The number of nitrogens with two attached hydrogens (primary N) is 1. The minimum absolute atomic E-state index is 0.0583. The molecular formula is C11H21N5O2S. The molecule has 1 aliphatic heterocycles. The van der Waals surface area contributed by atoms with Crippen molar-refractivity contribution in [1.82, 2.24) is 19.4 Å². The predicted molar refractivity (Wildman–Crippen MR) is 73.0 cm³/mol. The zero-order valence-electron chi connectivity index (χ0n) is 11.3. The number of nitrogens with one attached hydrogen (secondary N) is 1. The number of aromatic amines is 1. The fraction of sp³-hybridized carbons (Fsp3) is 0.727. The summed E-state index contributed by atoms with van der Waals surface area (Å²) in [6, 6.07) is 0. The Kier molecular flexibility index (Phi) is 4.12. The largest absolute Gasteiger partial charge is 0.383 e. The first kappa shape index (κ1) is 14.3. The van der Waals surface area contributed by atoms with E-state index in [9.17, 15) is 8.42 Å². The van der Waals surface area contributed by atoms with Crippen molar-refractivity contribution in [2.24, 2.45) is 5.92 Å². The quantitative estimate of drug-likeness (QED) is 0.810. The van der Waals surface area contributed by atoms with Gasteiger partial charge in [-0.25, -0.2) is 12.7 Å². The summed E-state index contributed by atoms with van der Waals surface area (Å²) in [6.07, 6.45) is 3.31. The molecular weight excluding hydrogens is 266 g/mol. The fourth-order valence-electron chi connectivity index (χ4n) is 2.36. The maximum atomic E-state index is 12.3. The van der Waals surface area contributed by atoms with Gasteiger partial charge in [-0.3, -0.25) is 5.10 Å². The van der Waals surface area contributed by atoms with Crippen LogP contribution in [0.25, 0.3) is 0 Å². The molecule has 3 N–H and O–H groups in total. The summed E-state index contributed by atoms with van der Waals surface area (Å²) in [4.78, 5) is 2.32. The average Bonchev–Trinajstić information content (AvgIpc) is 2.79. The number of H-pyrrole nitrogens is 1. The van der Waals surface area contributed by atoms with Crippen LogP contribution in [0.3, 0.4) is 0 Å². The third kappa shape index (κ3) is 3.07. The zero-order chi connectivity index (χ0) is 14.0. The van der Waals surface area contributed by atoms with Crippen LogP contribution in [-0.4, -0.2) is 61.5 Å². The molecule has 0 bridgehead atoms. The molecule has 1 saturated heterocycles. The van der Waals surface area contributed by atoms with E-state index < -0.39 is 10.0 Å². The molecule has 1 aromatic heterocycles. The van der Waals surface area contributed by atoms with Crippen molar-refractivity contribution < 1.29 is 8.42 Å². The van der Waals surface area contributed by atoms with Crippen LogP contribution in [0.1, 0.15) is 12.8 Å². The van der Waals surface area contributed by atoms with Crippen LogP contribution >= 0.6 is 0 Å². The standard InChI is InChI=1S/C11H21N5O2S/c1-15-5-3-9(4-6-15)8-16(2)19(17,18)10-7-13-14-11(10)12/h7,9H,3-6,8H2,1-2H3,(H3,12,13,14). The Morgan fingerprint density at radius 2 is 2.16 bits per heavy atom. The summed E-state index contributed by atoms with van der Waals surface area (Å²) in [5, 5.41) is 6.12. The number of likely N-dealkylation sites (tertiary alicyclic amines) is 1. The number of sulfonamides is 1. The molecule has 0 aliphatic carbocycles. The summed E-state index contributed by atoms with van der Waals surface area (Å²) in [5.41, 5.74) is 5.59. The first-order valence-corrected chi connectivity index (χ1v) is 7.79. The minimum atomic E-state index is -3.54. The average molecular weight is 287 g/mol. The van der Waals surface area contributed by atoms with Gasteiger partial charge in [0.05, 0.1) is 6.20 Å². The molecule has 2 heterocycles. The molecule has 1 aromatic rings. The van der Waals surface area contributed by atoms with Gasteiger partial charge in [-0.05, 0) is 38.9 Å². The van der Waals surface area contributed by atoms with Gasteiger partial charge in [-0.2, -0.15) is 5.10 Å². The lowest BCUT2D eigenvalue weighted by Gasteiger charge is -2.31. The molecule has 8 heteroatoms. The highest BCUT2D eigenvalue weighted by atomic mass is 32.2. The van der Waals surface area contributed by atoms with E-state index in [1.807, 2.05) is 0 Å². The number of nitrogens with zero attached hydrogens (tertiary/aromatic N) is 3. The molecule has 0 unspecified atom stereocenters. The second-order valence-electron chi connectivity index (χ2n) is 5.18. The number of nitrogen functional groups attached to an aromatic ring is 1. The second kappa shape index (κ2) is 5.48. The van der Waals surface area contributed by atoms with E-state index in [0.29, 0.717) is 12.5 Å². The highest BCUT2D eigenvalue weighted by Gasteiger charge is 2.28. The normalized spacial score (nSPS) is 19.1.